The molecule has 10 heteroatoms. The highest BCUT2D eigenvalue weighted by Gasteiger charge is 2.17. The molecule has 2 aromatic carbocycles. The molecule has 1 heterocycles. The fraction of sp³-hybridized carbons (Fsp3) is 0.118. The van der Waals surface area contributed by atoms with Crippen molar-refractivity contribution in [3.8, 4) is 22.8 Å². The van der Waals surface area contributed by atoms with Crippen LogP contribution >= 0.6 is 0 Å². The van der Waals surface area contributed by atoms with E-state index >= 15 is 0 Å². The standard InChI is InChI=1S/C17H15N5O5/c1-26-14-6-5-10(15-16(17(18)23)20-21-19-15)7-11(14)9-27-13-4-2-3-12(8-13)22(24)25/h2-8H,9H2,1H3,(H2,18,23)(H,19,20,21). The van der Waals surface area contributed by atoms with Gasteiger partial charge in [0.25, 0.3) is 11.6 Å². The van der Waals surface area contributed by atoms with Crippen LogP contribution in [0.25, 0.3) is 11.3 Å². The van der Waals surface area contributed by atoms with Crippen molar-refractivity contribution in [2.75, 3.05) is 7.11 Å². The van der Waals surface area contributed by atoms with E-state index < -0.39 is 10.8 Å². The number of methoxy groups -OCH3 is 1. The van der Waals surface area contributed by atoms with E-state index in [0.29, 0.717) is 28.3 Å². The molecule has 0 saturated carbocycles. The predicted octanol–water partition coefficient (Wildman–Crippen LogP) is 2.07. The van der Waals surface area contributed by atoms with Gasteiger partial charge in [0.05, 0.1) is 18.1 Å². The minimum absolute atomic E-state index is 0.0192. The third-order valence-electron chi connectivity index (χ3n) is 3.76. The second kappa shape index (κ2) is 7.52. The van der Waals surface area contributed by atoms with Crippen LogP contribution < -0.4 is 15.2 Å². The van der Waals surface area contributed by atoms with Crippen molar-refractivity contribution in [1.82, 2.24) is 15.4 Å². The summed E-state index contributed by atoms with van der Waals surface area (Å²) in [6.45, 7) is 0.0853. The summed E-state index contributed by atoms with van der Waals surface area (Å²) in [4.78, 5) is 21.8. The van der Waals surface area contributed by atoms with Gasteiger partial charge in [0, 0.05) is 17.2 Å². The molecule has 1 aromatic heterocycles. The summed E-state index contributed by atoms with van der Waals surface area (Å²) in [7, 11) is 1.51. The molecule has 1 amide bonds. The lowest BCUT2D eigenvalue weighted by Crippen LogP contribution is -2.12. The summed E-state index contributed by atoms with van der Waals surface area (Å²) in [5.41, 5.74) is 6.80. The van der Waals surface area contributed by atoms with E-state index in [2.05, 4.69) is 15.4 Å². The number of nitro groups is 1. The highest BCUT2D eigenvalue weighted by atomic mass is 16.6. The number of primary amides is 1. The van der Waals surface area contributed by atoms with Gasteiger partial charge in [-0.1, -0.05) is 6.07 Å². The van der Waals surface area contributed by atoms with Gasteiger partial charge in [0.1, 0.15) is 23.8 Å². The van der Waals surface area contributed by atoms with Crippen molar-refractivity contribution >= 4 is 11.6 Å². The van der Waals surface area contributed by atoms with E-state index in [-0.39, 0.29) is 18.0 Å². The molecule has 0 aliphatic rings. The number of carbonyl (C=O) groups is 1. The molecule has 0 aliphatic heterocycles. The number of hydrogen-bond acceptors (Lipinski definition) is 7. The molecule has 3 N–H and O–H groups in total. The third-order valence-corrected chi connectivity index (χ3v) is 3.76. The number of nitrogens with two attached hydrogens (primary N) is 1. The number of aromatic amines is 1. The fourth-order valence-corrected chi connectivity index (χ4v) is 2.49. The first kappa shape index (κ1) is 17.9. The smallest absolute Gasteiger partial charge is 0.273 e. The van der Waals surface area contributed by atoms with E-state index in [4.69, 9.17) is 15.2 Å². The van der Waals surface area contributed by atoms with Crippen LogP contribution in [0.15, 0.2) is 42.5 Å². The minimum Gasteiger partial charge on any atom is -0.496 e. The highest BCUT2D eigenvalue weighted by Crippen LogP contribution is 2.28. The van der Waals surface area contributed by atoms with Gasteiger partial charge in [0.2, 0.25) is 0 Å². The van der Waals surface area contributed by atoms with Gasteiger partial charge in [-0.25, -0.2) is 0 Å². The normalized spacial score (nSPS) is 10.4. The van der Waals surface area contributed by atoms with E-state index in [9.17, 15) is 14.9 Å². The number of hydrogen-bond donors (Lipinski definition) is 2. The van der Waals surface area contributed by atoms with E-state index in [1.165, 1.54) is 25.3 Å². The van der Waals surface area contributed by atoms with Gasteiger partial charge in [-0.3, -0.25) is 14.9 Å². The average Bonchev–Trinajstić information content (AvgIpc) is 3.16. The van der Waals surface area contributed by atoms with Crippen LogP contribution in [0.2, 0.25) is 0 Å². The molecule has 0 spiro atoms. The van der Waals surface area contributed by atoms with Gasteiger partial charge in [-0.2, -0.15) is 15.4 Å². The number of benzene rings is 2. The lowest BCUT2D eigenvalue weighted by molar-refractivity contribution is -0.384. The molecule has 10 nitrogen and oxygen atoms in total. The number of rotatable bonds is 7. The van der Waals surface area contributed by atoms with Crippen LogP contribution in [0.3, 0.4) is 0 Å². The van der Waals surface area contributed by atoms with Crippen molar-refractivity contribution < 1.29 is 19.2 Å². The van der Waals surface area contributed by atoms with E-state index in [1.54, 1.807) is 24.3 Å². The largest absolute Gasteiger partial charge is 0.496 e. The van der Waals surface area contributed by atoms with Crippen LogP contribution in [0.4, 0.5) is 5.69 Å². The summed E-state index contributed by atoms with van der Waals surface area (Å²) in [6, 6.07) is 11.0. The van der Waals surface area contributed by atoms with Crippen molar-refractivity contribution in [1.29, 1.82) is 0 Å². The quantitative estimate of drug-likeness (QED) is 0.478. The first-order valence-electron chi connectivity index (χ1n) is 7.74. The third kappa shape index (κ3) is 3.84. The Hall–Kier alpha value is -3.95. The SMILES string of the molecule is COc1ccc(-c2n[nH]nc2C(N)=O)cc1COc1cccc([N+](=O)[O-])c1. The summed E-state index contributed by atoms with van der Waals surface area (Å²) in [6.07, 6.45) is 0. The molecule has 0 saturated heterocycles. The number of carbonyl (C=O) groups excluding carboxylic acids is 1. The Morgan fingerprint density at radius 3 is 2.78 bits per heavy atom. The molecule has 27 heavy (non-hydrogen) atoms. The Kier molecular flexibility index (Phi) is 4.97. The molecule has 0 fully saturated rings. The Labute approximate surface area is 153 Å². The molecule has 0 atom stereocenters. The molecule has 0 unspecified atom stereocenters. The zero-order valence-corrected chi connectivity index (χ0v) is 14.2. The van der Waals surface area contributed by atoms with Crippen LogP contribution in [-0.2, 0) is 6.61 Å². The Morgan fingerprint density at radius 2 is 2.07 bits per heavy atom. The average molecular weight is 369 g/mol. The summed E-state index contributed by atoms with van der Waals surface area (Å²) >= 11 is 0. The Bertz CT molecular complexity index is 1000. The van der Waals surface area contributed by atoms with Crippen LogP contribution in [0, 0.1) is 10.1 Å². The maximum atomic E-state index is 11.5. The van der Waals surface area contributed by atoms with Crippen molar-refractivity contribution in [2.24, 2.45) is 5.73 Å². The van der Waals surface area contributed by atoms with Crippen LogP contribution in [0.5, 0.6) is 11.5 Å². The number of nitrogens with zero attached hydrogens (tertiary/aromatic N) is 3. The van der Waals surface area contributed by atoms with Gasteiger partial charge in [-0.15, -0.1) is 0 Å². The summed E-state index contributed by atoms with van der Waals surface area (Å²) in [5.74, 6) is 0.188. The topological polar surface area (TPSA) is 146 Å². The molecular formula is C17H15N5O5. The maximum Gasteiger partial charge on any atom is 0.273 e. The number of ether oxygens (including phenoxy) is 2. The zero-order valence-electron chi connectivity index (χ0n) is 14.2. The molecule has 138 valence electrons. The van der Waals surface area contributed by atoms with E-state index in [0.717, 1.165) is 0 Å². The van der Waals surface area contributed by atoms with Crippen molar-refractivity contribution in [3.63, 3.8) is 0 Å². The number of nitrogens with one attached hydrogen (secondary N) is 1. The molecule has 0 radical (unpaired) electrons. The van der Waals surface area contributed by atoms with E-state index in [1.807, 2.05) is 0 Å². The lowest BCUT2D eigenvalue weighted by atomic mass is 10.1. The second-order valence-corrected chi connectivity index (χ2v) is 5.45. The van der Waals surface area contributed by atoms with Crippen molar-refractivity contribution in [2.45, 2.75) is 6.61 Å². The van der Waals surface area contributed by atoms with Gasteiger partial charge >= 0.3 is 0 Å². The lowest BCUT2D eigenvalue weighted by Gasteiger charge is -2.12. The zero-order chi connectivity index (χ0) is 19.4. The predicted molar refractivity (Wildman–Crippen MR) is 94.3 cm³/mol. The van der Waals surface area contributed by atoms with Gasteiger partial charge in [0.15, 0.2) is 5.69 Å². The molecule has 0 aliphatic carbocycles. The monoisotopic (exact) mass is 369 g/mol. The number of aromatic nitrogens is 3. The van der Waals surface area contributed by atoms with Gasteiger partial charge < -0.3 is 15.2 Å². The Morgan fingerprint density at radius 1 is 1.26 bits per heavy atom. The first-order valence-corrected chi connectivity index (χ1v) is 7.74. The maximum absolute atomic E-state index is 11.5. The number of amides is 1. The second-order valence-electron chi connectivity index (χ2n) is 5.45. The number of non-ortho nitro benzene ring substituents is 1. The highest BCUT2D eigenvalue weighted by molar-refractivity contribution is 5.96. The molecular weight excluding hydrogens is 354 g/mol. The molecule has 3 rings (SSSR count). The fourth-order valence-electron chi connectivity index (χ4n) is 2.49. The Balaban J connectivity index is 1.88. The van der Waals surface area contributed by atoms with Crippen LogP contribution in [0.1, 0.15) is 16.1 Å². The molecule has 0 bridgehead atoms. The van der Waals surface area contributed by atoms with Gasteiger partial charge in [-0.05, 0) is 24.3 Å². The summed E-state index contributed by atoms with van der Waals surface area (Å²) in [5, 5.41) is 20.9. The number of H-pyrrole nitrogens is 1. The van der Waals surface area contributed by atoms with Crippen molar-refractivity contribution in [3.05, 3.63) is 63.8 Å². The minimum atomic E-state index is -0.705. The molecule has 3 aromatic rings. The number of nitro benzene ring substituents is 1. The first-order chi connectivity index (χ1) is 13.0. The van der Waals surface area contributed by atoms with Crippen LogP contribution in [-0.4, -0.2) is 33.4 Å². The summed E-state index contributed by atoms with van der Waals surface area (Å²) < 4.78 is 11.0.